The topological polar surface area (TPSA) is 78.4 Å². The molecule has 2 aromatic rings. The standard InChI is InChI=1S/C18H20ClN5O2/c1-12-3-4-14(19)9-15(12)22-18(26)16-10-21-17(11-20-16)24-7-5-23(6-8-24)13(2)25/h3-4,9-11H,5-8H2,1-2H3,(H,22,26). The molecule has 2 amide bonds. The number of nitrogens with zero attached hydrogens (tertiary/aromatic N) is 4. The molecule has 0 spiro atoms. The highest BCUT2D eigenvalue weighted by molar-refractivity contribution is 6.31. The Morgan fingerprint density at radius 1 is 1.12 bits per heavy atom. The number of carbonyl (C=O) groups excluding carboxylic acids is 2. The second kappa shape index (κ2) is 7.70. The number of aromatic nitrogens is 2. The molecule has 0 atom stereocenters. The molecule has 1 aromatic carbocycles. The van der Waals surface area contributed by atoms with Crippen molar-refractivity contribution < 1.29 is 9.59 Å². The summed E-state index contributed by atoms with van der Waals surface area (Å²) in [4.78, 5) is 36.2. The summed E-state index contributed by atoms with van der Waals surface area (Å²) in [6, 6.07) is 5.31. The van der Waals surface area contributed by atoms with Gasteiger partial charge in [0.2, 0.25) is 5.91 Å². The van der Waals surface area contributed by atoms with Gasteiger partial charge in [0.25, 0.3) is 5.91 Å². The van der Waals surface area contributed by atoms with Crippen LogP contribution in [0, 0.1) is 6.92 Å². The molecular weight excluding hydrogens is 354 g/mol. The van der Waals surface area contributed by atoms with Gasteiger partial charge in [0.05, 0.1) is 12.4 Å². The molecule has 0 unspecified atom stereocenters. The van der Waals surface area contributed by atoms with Gasteiger partial charge in [-0.15, -0.1) is 0 Å². The van der Waals surface area contributed by atoms with Crippen LogP contribution in [0.15, 0.2) is 30.6 Å². The quantitative estimate of drug-likeness (QED) is 0.893. The second-order valence-corrected chi connectivity index (χ2v) is 6.60. The van der Waals surface area contributed by atoms with Crippen molar-refractivity contribution in [2.45, 2.75) is 13.8 Å². The van der Waals surface area contributed by atoms with Crippen molar-refractivity contribution in [3.63, 3.8) is 0 Å². The Morgan fingerprint density at radius 3 is 2.46 bits per heavy atom. The van der Waals surface area contributed by atoms with Gasteiger partial charge >= 0.3 is 0 Å². The maximum absolute atomic E-state index is 12.4. The SMILES string of the molecule is CC(=O)N1CCN(c2cnc(C(=O)Nc3cc(Cl)ccc3C)cn2)CC1. The van der Waals surface area contributed by atoms with Crippen LogP contribution in [-0.2, 0) is 4.79 Å². The molecule has 0 bridgehead atoms. The number of rotatable bonds is 3. The molecule has 1 N–H and O–H groups in total. The molecule has 8 heteroatoms. The minimum atomic E-state index is -0.337. The van der Waals surface area contributed by atoms with Crippen LogP contribution in [0.1, 0.15) is 23.0 Å². The van der Waals surface area contributed by atoms with Crippen LogP contribution in [0.2, 0.25) is 5.02 Å². The summed E-state index contributed by atoms with van der Waals surface area (Å²) < 4.78 is 0. The van der Waals surface area contributed by atoms with Gasteiger partial charge in [0, 0.05) is 43.8 Å². The number of carbonyl (C=O) groups is 2. The molecule has 0 saturated carbocycles. The molecule has 1 saturated heterocycles. The third-order valence-corrected chi connectivity index (χ3v) is 4.60. The second-order valence-electron chi connectivity index (χ2n) is 6.17. The van der Waals surface area contributed by atoms with Crippen LogP contribution in [-0.4, -0.2) is 52.9 Å². The first-order valence-electron chi connectivity index (χ1n) is 8.34. The summed E-state index contributed by atoms with van der Waals surface area (Å²) >= 11 is 5.97. The van der Waals surface area contributed by atoms with Gasteiger partial charge in [-0.05, 0) is 24.6 Å². The van der Waals surface area contributed by atoms with Gasteiger partial charge in [-0.3, -0.25) is 9.59 Å². The van der Waals surface area contributed by atoms with E-state index in [0.717, 1.165) is 5.56 Å². The third-order valence-electron chi connectivity index (χ3n) is 4.37. The first-order valence-corrected chi connectivity index (χ1v) is 8.72. The van der Waals surface area contributed by atoms with E-state index in [9.17, 15) is 9.59 Å². The van der Waals surface area contributed by atoms with E-state index < -0.39 is 0 Å². The van der Waals surface area contributed by atoms with Crippen LogP contribution in [0.25, 0.3) is 0 Å². The highest BCUT2D eigenvalue weighted by Gasteiger charge is 2.20. The molecule has 136 valence electrons. The third kappa shape index (κ3) is 4.11. The van der Waals surface area contributed by atoms with E-state index in [0.29, 0.717) is 42.7 Å². The highest BCUT2D eigenvalue weighted by Crippen LogP contribution is 2.21. The number of hydrogen-bond acceptors (Lipinski definition) is 5. The van der Waals surface area contributed by atoms with Crippen LogP contribution in [0.3, 0.4) is 0 Å². The first-order chi connectivity index (χ1) is 12.4. The number of aryl methyl sites for hydroxylation is 1. The van der Waals surface area contributed by atoms with Gasteiger partial charge in [-0.2, -0.15) is 0 Å². The Labute approximate surface area is 157 Å². The number of benzene rings is 1. The number of nitrogens with one attached hydrogen (secondary N) is 1. The maximum atomic E-state index is 12.4. The van der Waals surface area contributed by atoms with Crippen molar-refractivity contribution in [3.8, 4) is 0 Å². The molecular formula is C18H20ClN5O2. The van der Waals surface area contributed by atoms with E-state index in [2.05, 4.69) is 20.2 Å². The van der Waals surface area contributed by atoms with E-state index in [4.69, 9.17) is 11.6 Å². The molecule has 0 radical (unpaired) electrons. The normalized spacial score (nSPS) is 14.3. The fourth-order valence-corrected chi connectivity index (χ4v) is 2.94. The number of amides is 2. The lowest BCUT2D eigenvalue weighted by atomic mass is 10.2. The Kier molecular flexibility index (Phi) is 5.37. The van der Waals surface area contributed by atoms with Gasteiger partial charge in [-0.1, -0.05) is 17.7 Å². The predicted molar refractivity (Wildman–Crippen MR) is 101 cm³/mol. The fourth-order valence-electron chi connectivity index (χ4n) is 2.77. The summed E-state index contributed by atoms with van der Waals surface area (Å²) in [6.07, 6.45) is 3.05. The van der Waals surface area contributed by atoms with E-state index in [-0.39, 0.29) is 17.5 Å². The average Bonchev–Trinajstić information content (AvgIpc) is 2.65. The summed E-state index contributed by atoms with van der Waals surface area (Å²) in [5, 5.41) is 3.35. The van der Waals surface area contributed by atoms with E-state index in [1.54, 1.807) is 30.2 Å². The Morgan fingerprint density at radius 2 is 1.85 bits per heavy atom. The van der Waals surface area contributed by atoms with E-state index in [1.807, 2.05) is 13.0 Å². The Hall–Kier alpha value is -2.67. The highest BCUT2D eigenvalue weighted by atomic mass is 35.5. The molecule has 2 heterocycles. The zero-order valence-corrected chi connectivity index (χ0v) is 15.5. The van der Waals surface area contributed by atoms with Gasteiger partial charge in [0.1, 0.15) is 11.5 Å². The Bertz CT molecular complexity index is 817. The number of anilines is 2. The summed E-state index contributed by atoms with van der Waals surface area (Å²) in [7, 11) is 0. The number of halogens is 1. The van der Waals surface area contributed by atoms with Crippen molar-refractivity contribution in [2.24, 2.45) is 0 Å². The molecule has 0 aliphatic carbocycles. The van der Waals surface area contributed by atoms with Gasteiger partial charge in [-0.25, -0.2) is 9.97 Å². The number of hydrogen-bond donors (Lipinski definition) is 1. The van der Waals surface area contributed by atoms with Crippen molar-refractivity contribution in [1.82, 2.24) is 14.9 Å². The number of piperazine rings is 1. The Balaban J connectivity index is 1.65. The van der Waals surface area contributed by atoms with Crippen molar-refractivity contribution in [2.75, 3.05) is 36.4 Å². The van der Waals surface area contributed by atoms with Crippen LogP contribution >= 0.6 is 11.6 Å². The van der Waals surface area contributed by atoms with Crippen molar-refractivity contribution >= 4 is 34.9 Å². The lowest BCUT2D eigenvalue weighted by Crippen LogP contribution is -2.48. The van der Waals surface area contributed by atoms with E-state index in [1.165, 1.54) is 6.20 Å². The van der Waals surface area contributed by atoms with Gasteiger partial charge < -0.3 is 15.1 Å². The van der Waals surface area contributed by atoms with Gasteiger partial charge in [0.15, 0.2) is 0 Å². The summed E-state index contributed by atoms with van der Waals surface area (Å²) in [5.74, 6) is 0.443. The molecule has 1 aliphatic rings. The summed E-state index contributed by atoms with van der Waals surface area (Å²) in [5.41, 5.74) is 1.79. The minimum Gasteiger partial charge on any atom is -0.352 e. The molecule has 3 rings (SSSR count). The fraction of sp³-hybridized carbons (Fsp3) is 0.333. The zero-order valence-electron chi connectivity index (χ0n) is 14.7. The van der Waals surface area contributed by atoms with Crippen molar-refractivity contribution in [3.05, 3.63) is 46.9 Å². The lowest BCUT2D eigenvalue weighted by molar-refractivity contribution is -0.129. The van der Waals surface area contributed by atoms with E-state index >= 15 is 0 Å². The largest absolute Gasteiger partial charge is 0.352 e. The molecule has 1 fully saturated rings. The molecule has 1 aliphatic heterocycles. The maximum Gasteiger partial charge on any atom is 0.275 e. The molecule has 26 heavy (non-hydrogen) atoms. The minimum absolute atomic E-state index is 0.0825. The first kappa shape index (κ1) is 18.1. The lowest BCUT2D eigenvalue weighted by Gasteiger charge is -2.34. The molecule has 7 nitrogen and oxygen atoms in total. The smallest absolute Gasteiger partial charge is 0.275 e. The van der Waals surface area contributed by atoms with Crippen molar-refractivity contribution in [1.29, 1.82) is 0 Å². The summed E-state index contributed by atoms with van der Waals surface area (Å²) in [6.45, 7) is 6.18. The van der Waals surface area contributed by atoms with Crippen LogP contribution in [0.5, 0.6) is 0 Å². The van der Waals surface area contributed by atoms with Crippen LogP contribution in [0.4, 0.5) is 11.5 Å². The average molecular weight is 374 g/mol. The zero-order chi connectivity index (χ0) is 18.7. The predicted octanol–water partition coefficient (Wildman–Crippen LogP) is 2.36. The molecule has 1 aromatic heterocycles. The van der Waals surface area contributed by atoms with Crippen LogP contribution < -0.4 is 10.2 Å². The monoisotopic (exact) mass is 373 g/mol.